The molecule has 104 valence electrons. The van der Waals surface area contributed by atoms with E-state index in [9.17, 15) is 4.79 Å². The molecular formula is C15H17N3O2. The van der Waals surface area contributed by atoms with E-state index in [2.05, 4.69) is 22.5 Å². The summed E-state index contributed by atoms with van der Waals surface area (Å²) in [6.07, 6.45) is 4.32. The second-order valence-corrected chi connectivity index (χ2v) is 5.03. The number of rotatable bonds is 5. The molecule has 1 aliphatic rings. The number of methoxy groups -OCH3 is 1. The van der Waals surface area contributed by atoms with Crippen LogP contribution in [0, 0.1) is 5.92 Å². The highest BCUT2D eigenvalue weighted by Crippen LogP contribution is 2.47. The minimum Gasteiger partial charge on any atom is -0.362 e. The van der Waals surface area contributed by atoms with Crippen LogP contribution >= 0.6 is 0 Å². The molecule has 20 heavy (non-hydrogen) atoms. The molecule has 1 aromatic heterocycles. The Balaban J connectivity index is 1.58. The molecule has 0 spiro atoms. The molecule has 5 nitrogen and oxygen atoms in total. The quantitative estimate of drug-likeness (QED) is 0.907. The summed E-state index contributed by atoms with van der Waals surface area (Å²) < 4.78 is 6.60. The van der Waals surface area contributed by atoms with Crippen molar-refractivity contribution in [2.24, 2.45) is 5.92 Å². The monoisotopic (exact) mass is 271 g/mol. The van der Waals surface area contributed by atoms with Gasteiger partial charge in [-0.05, 0) is 17.9 Å². The Hall–Kier alpha value is -2.14. The first-order chi connectivity index (χ1) is 9.78. The number of anilines is 1. The molecule has 2 aromatic rings. The van der Waals surface area contributed by atoms with Crippen molar-refractivity contribution >= 4 is 11.6 Å². The number of hydrogen-bond acceptors (Lipinski definition) is 3. The van der Waals surface area contributed by atoms with Gasteiger partial charge in [-0.3, -0.25) is 4.79 Å². The molecule has 2 atom stereocenters. The van der Waals surface area contributed by atoms with Gasteiger partial charge in [0.15, 0.2) is 0 Å². The van der Waals surface area contributed by atoms with Gasteiger partial charge in [0.05, 0.1) is 18.1 Å². The Morgan fingerprint density at radius 2 is 2.25 bits per heavy atom. The van der Waals surface area contributed by atoms with E-state index in [1.54, 1.807) is 24.2 Å². The summed E-state index contributed by atoms with van der Waals surface area (Å²) >= 11 is 0. The second kappa shape index (κ2) is 5.46. The molecule has 1 heterocycles. The third kappa shape index (κ3) is 2.72. The Labute approximate surface area is 117 Å². The van der Waals surface area contributed by atoms with Gasteiger partial charge in [0.1, 0.15) is 6.73 Å². The third-order valence-electron chi connectivity index (χ3n) is 3.52. The van der Waals surface area contributed by atoms with Crippen LogP contribution in [0.25, 0.3) is 0 Å². The molecule has 5 heteroatoms. The first-order valence-electron chi connectivity index (χ1n) is 6.65. The zero-order chi connectivity index (χ0) is 13.9. The van der Waals surface area contributed by atoms with Crippen molar-refractivity contribution in [1.29, 1.82) is 0 Å². The van der Waals surface area contributed by atoms with Gasteiger partial charge < -0.3 is 10.1 Å². The highest BCUT2D eigenvalue weighted by molar-refractivity contribution is 5.95. The number of carbonyl (C=O) groups excluding carboxylic acids is 1. The van der Waals surface area contributed by atoms with Crippen LogP contribution in [0.4, 0.5) is 5.69 Å². The van der Waals surface area contributed by atoms with E-state index in [0.29, 0.717) is 18.3 Å². The molecule has 1 N–H and O–H groups in total. The van der Waals surface area contributed by atoms with Crippen molar-refractivity contribution < 1.29 is 9.53 Å². The Bertz CT molecular complexity index is 594. The fourth-order valence-corrected chi connectivity index (χ4v) is 2.42. The minimum atomic E-state index is 0.0656. The van der Waals surface area contributed by atoms with Gasteiger partial charge >= 0.3 is 0 Å². The maximum absolute atomic E-state index is 12.1. The molecular weight excluding hydrogens is 254 g/mol. The summed E-state index contributed by atoms with van der Waals surface area (Å²) in [6.45, 7) is 0.381. The Morgan fingerprint density at radius 3 is 3.00 bits per heavy atom. The molecule has 1 aromatic carbocycles. The van der Waals surface area contributed by atoms with Crippen LogP contribution in [0.2, 0.25) is 0 Å². The van der Waals surface area contributed by atoms with Crippen LogP contribution in [0.1, 0.15) is 17.9 Å². The van der Waals surface area contributed by atoms with Crippen molar-refractivity contribution in [2.45, 2.75) is 19.1 Å². The van der Waals surface area contributed by atoms with Crippen molar-refractivity contribution in [3.8, 4) is 0 Å². The number of ether oxygens (including phenoxy) is 1. The fraction of sp³-hybridized carbons (Fsp3) is 0.333. The largest absolute Gasteiger partial charge is 0.362 e. The fourth-order valence-electron chi connectivity index (χ4n) is 2.42. The molecule has 1 saturated carbocycles. The predicted molar refractivity (Wildman–Crippen MR) is 75.2 cm³/mol. The van der Waals surface area contributed by atoms with E-state index in [1.807, 2.05) is 18.2 Å². The maximum atomic E-state index is 12.1. The van der Waals surface area contributed by atoms with E-state index in [0.717, 1.165) is 6.42 Å². The summed E-state index contributed by atoms with van der Waals surface area (Å²) in [6, 6.07) is 10.2. The van der Waals surface area contributed by atoms with Crippen molar-refractivity contribution in [3.05, 3.63) is 48.3 Å². The number of aromatic nitrogens is 2. The predicted octanol–water partition coefficient (Wildman–Crippen LogP) is 2.23. The van der Waals surface area contributed by atoms with Crippen LogP contribution < -0.4 is 5.32 Å². The second-order valence-electron chi connectivity index (χ2n) is 5.03. The van der Waals surface area contributed by atoms with E-state index in [-0.39, 0.29) is 11.8 Å². The smallest absolute Gasteiger partial charge is 0.228 e. The lowest BCUT2D eigenvalue weighted by atomic mass is 10.1. The average Bonchev–Trinajstić information content (AvgIpc) is 3.16. The molecule has 1 fully saturated rings. The first-order valence-corrected chi connectivity index (χ1v) is 6.65. The van der Waals surface area contributed by atoms with Crippen LogP contribution in [0.3, 0.4) is 0 Å². The number of nitrogens with zero attached hydrogens (tertiary/aromatic N) is 2. The average molecular weight is 271 g/mol. The van der Waals surface area contributed by atoms with Gasteiger partial charge in [0.2, 0.25) is 5.91 Å². The first kappa shape index (κ1) is 12.9. The highest BCUT2D eigenvalue weighted by atomic mass is 16.5. The number of amides is 1. The zero-order valence-corrected chi connectivity index (χ0v) is 11.3. The van der Waals surface area contributed by atoms with Crippen LogP contribution in [-0.2, 0) is 16.3 Å². The van der Waals surface area contributed by atoms with Crippen LogP contribution in [0.15, 0.2) is 42.7 Å². The summed E-state index contributed by atoms with van der Waals surface area (Å²) in [5, 5.41) is 7.00. The van der Waals surface area contributed by atoms with E-state index in [1.165, 1.54) is 5.56 Å². The lowest BCUT2D eigenvalue weighted by Crippen LogP contribution is -2.14. The normalized spacial score (nSPS) is 20.6. The Morgan fingerprint density at radius 1 is 1.45 bits per heavy atom. The molecule has 2 unspecified atom stereocenters. The standard InChI is InChI=1S/C15H17N3O2/c1-20-10-18-9-12(8-16-18)17-15(19)14-7-13(14)11-5-3-2-4-6-11/h2-6,8-9,13-14H,7,10H2,1H3,(H,17,19). The third-order valence-corrected chi connectivity index (χ3v) is 3.52. The Kier molecular flexibility index (Phi) is 3.52. The molecule has 3 rings (SSSR count). The lowest BCUT2D eigenvalue weighted by Gasteiger charge is -2.02. The number of hydrogen-bond donors (Lipinski definition) is 1. The SMILES string of the molecule is COCn1cc(NC(=O)C2CC2c2ccccc2)cn1. The van der Waals surface area contributed by atoms with E-state index in [4.69, 9.17) is 4.74 Å². The van der Waals surface area contributed by atoms with Gasteiger partial charge in [-0.1, -0.05) is 30.3 Å². The van der Waals surface area contributed by atoms with Crippen molar-refractivity contribution in [2.75, 3.05) is 12.4 Å². The highest BCUT2D eigenvalue weighted by Gasteiger charge is 2.43. The lowest BCUT2D eigenvalue weighted by molar-refractivity contribution is -0.117. The molecule has 1 aliphatic carbocycles. The van der Waals surface area contributed by atoms with Crippen molar-refractivity contribution in [1.82, 2.24) is 9.78 Å². The topological polar surface area (TPSA) is 56.1 Å². The van der Waals surface area contributed by atoms with Crippen LogP contribution in [-0.4, -0.2) is 22.8 Å². The summed E-state index contributed by atoms with van der Waals surface area (Å²) in [4.78, 5) is 12.1. The van der Waals surface area contributed by atoms with Gasteiger partial charge in [-0.2, -0.15) is 5.10 Å². The summed E-state index contributed by atoms with van der Waals surface area (Å²) in [7, 11) is 1.61. The summed E-state index contributed by atoms with van der Waals surface area (Å²) in [5.74, 6) is 0.490. The van der Waals surface area contributed by atoms with Gasteiger partial charge in [-0.25, -0.2) is 4.68 Å². The van der Waals surface area contributed by atoms with Gasteiger partial charge in [0, 0.05) is 13.0 Å². The molecule has 0 radical (unpaired) electrons. The van der Waals surface area contributed by atoms with Gasteiger partial charge in [0.25, 0.3) is 0 Å². The van der Waals surface area contributed by atoms with E-state index >= 15 is 0 Å². The molecule has 0 saturated heterocycles. The number of nitrogens with one attached hydrogen (secondary N) is 1. The summed E-state index contributed by atoms with van der Waals surface area (Å²) in [5.41, 5.74) is 1.95. The molecule has 1 amide bonds. The van der Waals surface area contributed by atoms with E-state index < -0.39 is 0 Å². The molecule has 0 aliphatic heterocycles. The minimum absolute atomic E-state index is 0.0656. The number of benzene rings is 1. The van der Waals surface area contributed by atoms with Crippen LogP contribution in [0.5, 0.6) is 0 Å². The zero-order valence-electron chi connectivity index (χ0n) is 11.3. The number of carbonyl (C=O) groups is 1. The maximum Gasteiger partial charge on any atom is 0.228 e. The van der Waals surface area contributed by atoms with Gasteiger partial charge in [-0.15, -0.1) is 0 Å². The molecule has 0 bridgehead atoms. The van der Waals surface area contributed by atoms with Crippen molar-refractivity contribution in [3.63, 3.8) is 0 Å².